The molecule has 4 rings (SSSR count). The third-order valence-electron chi connectivity index (χ3n) is 6.01. The van der Waals surface area contributed by atoms with E-state index in [2.05, 4.69) is 38.9 Å². The predicted molar refractivity (Wildman–Crippen MR) is 113 cm³/mol. The molecule has 2 aromatic heterocycles. The van der Waals surface area contributed by atoms with Gasteiger partial charge in [-0.3, -0.25) is 9.78 Å². The third-order valence-corrected chi connectivity index (χ3v) is 6.01. The van der Waals surface area contributed by atoms with Crippen LogP contribution in [0.5, 0.6) is 0 Å². The zero-order chi connectivity index (χ0) is 20.5. The number of rotatable bonds is 3. The maximum atomic E-state index is 13.3. The number of carbonyl (C=O) groups excluding carboxylic acids is 1. The summed E-state index contributed by atoms with van der Waals surface area (Å²) < 4.78 is 0. The van der Waals surface area contributed by atoms with Crippen LogP contribution in [0, 0.1) is 20.8 Å². The Hall–Kier alpha value is -2.54. The molecule has 1 atom stereocenters. The van der Waals surface area contributed by atoms with Gasteiger partial charge in [-0.2, -0.15) is 0 Å². The normalized spacial score (nSPS) is 20.3. The quantitative estimate of drug-likeness (QED) is 0.797. The summed E-state index contributed by atoms with van der Waals surface area (Å²) in [6.45, 7) is 10.7. The van der Waals surface area contributed by atoms with Gasteiger partial charge in [0, 0.05) is 50.3 Å². The molecule has 2 saturated heterocycles. The van der Waals surface area contributed by atoms with Crippen molar-refractivity contribution in [3.05, 3.63) is 46.8 Å². The Morgan fingerprint density at radius 1 is 1.03 bits per heavy atom. The number of carbonyl (C=O) groups is 1. The second-order valence-corrected chi connectivity index (χ2v) is 8.25. The van der Waals surface area contributed by atoms with Crippen molar-refractivity contribution in [3.8, 4) is 0 Å². The molecule has 0 spiro atoms. The van der Waals surface area contributed by atoms with E-state index in [1.165, 1.54) is 5.69 Å². The summed E-state index contributed by atoms with van der Waals surface area (Å²) in [7, 11) is 2.17. The molecular weight excluding hydrogens is 364 g/mol. The number of pyridine rings is 1. The van der Waals surface area contributed by atoms with Crippen LogP contribution in [0.1, 0.15) is 52.1 Å². The van der Waals surface area contributed by atoms with Gasteiger partial charge in [0.25, 0.3) is 5.91 Å². The molecule has 0 saturated carbocycles. The van der Waals surface area contributed by atoms with Gasteiger partial charge in [0.2, 0.25) is 0 Å². The number of aryl methyl sites for hydroxylation is 3. The summed E-state index contributed by atoms with van der Waals surface area (Å²) in [4.78, 5) is 33.5. The SMILES string of the molecule is Cc1cc(N2CCN(C)CC2)cc([C@H]2CCCN2C(=O)c2cnc(C)nc2C)n1. The summed E-state index contributed by atoms with van der Waals surface area (Å²) in [5.74, 6) is 0.698. The minimum absolute atomic E-state index is 0.00863. The van der Waals surface area contributed by atoms with E-state index in [0.717, 1.165) is 62.6 Å². The topological polar surface area (TPSA) is 65.5 Å². The number of anilines is 1. The highest BCUT2D eigenvalue weighted by Crippen LogP contribution is 2.34. The highest BCUT2D eigenvalue weighted by molar-refractivity contribution is 5.95. The number of hydrogen-bond acceptors (Lipinski definition) is 6. The zero-order valence-corrected chi connectivity index (χ0v) is 17.9. The molecule has 0 unspecified atom stereocenters. The Morgan fingerprint density at radius 3 is 2.52 bits per heavy atom. The first-order valence-corrected chi connectivity index (χ1v) is 10.5. The van der Waals surface area contributed by atoms with Gasteiger partial charge in [-0.05, 0) is 52.8 Å². The minimum Gasteiger partial charge on any atom is -0.369 e. The van der Waals surface area contributed by atoms with Gasteiger partial charge < -0.3 is 14.7 Å². The van der Waals surface area contributed by atoms with Gasteiger partial charge >= 0.3 is 0 Å². The van der Waals surface area contributed by atoms with Crippen LogP contribution in [-0.4, -0.2) is 70.4 Å². The van der Waals surface area contributed by atoms with Crippen molar-refractivity contribution in [2.75, 3.05) is 44.7 Å². The molecule has 0 aromatic carbocycles. The summed E-state index contributed by atoms with van der Waals surface area (Å²) >= 11 is 0. The van der Waals surface area contributed by atoms with Gasteiger partial charge in [0.15, 0.2) is 0 Å². The van der Waals surface area contributed by atoms with Gasteiger partial charge in [-0.25, -0.2) is 9.97 Å². The fourth-order valence-corrected chi connectivity index (χ4v) is 4.36. The fraction of sp³-hybridized carbons (Fsp3) is 0.545. The van der Waals surface area contributed by atoms with Gasteiger partial charge in [0.05, 0.1) is 23.0 Å². The summed E-state index contributed by atoms with van der Waals surface area (Å²) in [6.07, 6.45) is 3.59. The number of aromatic nitrogens is 3. The van der Waals surface area contributed by atoms with Crippen molar-refractivity contribution in [3.63, 3.8) is 0 Å². The Balaban J connectivity index is 1.61. The van der Waals surface area contributed by atoms with Crippen LogP contribution in [-0.2, 0) is 0 Å². The minimum atomic E-state index is 0.00863. The molecule has 4 heterocycles. The molecule has 7 heteroatoms. The largest absolute Gasteiger partial charge is 0.369 e. The molecule has 0 aliphatic carbocycles. The lowest BCUT2D eigenvalue weighted by atomic mass is 10.1. The van der Waals surface area contributed by atoms with Crippen LogP contribution in [0.4, 0.5) is 5.69 Å². The number of hydrogen-bond donors (Lipinski definition) is 0. The van der Waals surface area contributed by atoms with Crippen molar-refractivity contribution in [2.45, 2.75) is 39.7 Å². The summed E-state index contributed by atoms with van der Waals surface area (Å²) in [6, 6.07) is 4.36. The standard InChI is InChI=1S/C22H30N6O/c1-15-12-18(27-10-8-26(4)9-11-27)13-20(24-15)21-6-5-7-28(21)22(29)19-14-23-17(3)25-16(19)2/h12-14,21H,5-11H2,1-4H3/t21-/m1/s1. The van der Waals surface area contributed by atoms with E-state index in [-0.39, 0.29) is 11.9 Å². The fourth-order valence-electron chi connectivity index (χ4n) is 4.36. The number of amides is 1. The van der Waals surface area contributed by atoms with Gasteiger partial charge in [-0.15, -0.1) is 0 Å². The van der Waals surface area contributed by atoms with Crippen LogP contribution in [0.15, 0.2) is 18.3 Å². The van der Waals surface area contributed by atoms with Crippen LogP contribution >= 0.6 is 0 Å². The molecule has 0 radical (unpaired) electrons. The van der Waals surface area contributed by atoms with Crippen molar-refractivity contribution >= 4 is 11.6 Å². The van der Waals surface area contributed by atoms with Crippen LogP contribution in [0.25, 0.3) is 0 Å². The molecule has 7 nitrogen and oxygen atoms in total. The van der Waals surface area contributed by atoms with Crippen molar-refractivity contribution in [2.24, 2.45) is 0 Å². The van der Waals surface area contributed by atoms with E-state index in [9.17, 15) is 4.79 Å². The summed E-state index contributed by atoms with van der Waals surface area (Å²) in [5.41, 5.74) is 4.55. The zero-order valence-electron chi connectivity index (χ0n) is 17.9. The average Bonchev–Trinajstić information content (AvgIpc) is 3.17. The van der Waals surface area contributed by atoms with Crippen LogP contribution in [0.2, 0.25) is 0 Å². The third kappa shape index (κ3) is 4.10. The average molecular weight is 395 g/mol. The maximum absolute atomic E-state index is 13.3. The van der Waals surface area contributed by atoms with E-state index in [1.54, 1.807) is 6.20 Å². The molecule has 2 fully saturated rings. The van der Waals surface area contributed by atoms with Crippen LogP contribution in [0.3, 0.4) is 0 Å². The van der Waals surface area contributed by atoms with E-state index < -0.39 is 0 Å². The number of likely N-dealkylation sites (tertiary alicyclic amines) is 1. The Kier molecular flexibility index (Phi) is 5.50. The summed E-state index contributed by atoms with van der Waals surface area (Å²) in [5, 5.41) is 0. The molecule has 2 aliphatic rings. The first kappa shape index (κ1) is 19.8. The monoisotopic (exact) mass is 394 g/mol. The van der Waals surface area contributed by atoms with E-state index in [0.29, 0.717) is 11.4 Å². The number of piperazine rings is 1. The van der Waals surface area contributed by atoms with Gasteiger partial charge in [-0.1, -0.05) is 0 Å². The van der Waals surface area contributed by atoms with E-state index >= 15 is 0 Å². The first-order chi connectivity index (χ1) is 13.9. The maximum Gasteiger partial charge on any atom is 0.257 e. The van der Waals surface area contributed by atoms with Crippen molar-refractivity contribution < 1.29 is 4.79 Å². The number of likely N-dealkylation sites (N-methyl/N-ethyl adjacent to an activating group) is 1. The number of nitrogens with zero attached hydrogens (tertiary/aromatic N) is 6. The van der Waals surface area contributed by atoms with Crippen molar-refractivity contribution in [1.82, 2.24) is 24.8 Å². The lowest BCUT2D eigenvalue weighted by Gasteiger charge is -2.34. The molecule has 2 aliphatic heterocycles. The molecule has 2 aromatic rings. The predicted octanol–water partition coefficient (Wildman–Crippen LogP) is 2.53. The Morgan fingerprint density at radius 2 is 1.79 bits per heavy atom. The molecule has 154 valence electrons. The molecule has 29 heavy (non-hydrogen) atoms. The lowest BCUT2D eigenvalue weighted by Crippen LogP contribution is -2.44. The highest BCUT2D eigenvalue weighted by atomic mass is 16.2. The molecule has 0 N–H and O–H groups in total. The Bertz CT molecular complexity index is 906. The van der Waals surface area contributed by atoms with E-state index in [1.807, 2.05) is 25.7 Å². The lowest BCUT2D eigenvalue weighted by molar-refractivity contribution is 0.0731. The molecule has 1 amide bonds. The second kappa shape index (κ2) is 8.06. The highest BCUT2D eigenvalue weighted by Gasteiger charge is 2.33. The molecule has 0 bridgehead atoms. The second-order valence-electron chi connectivity index (χ2n) is 8.25. The van der Waals surface area contributed by atoms with Gasteiger partial charge in [0.1, 0.15) is 5.82 Å². The van der Waals surface area contributed by atoms with Crippen molar-refractivity contribution in [1.29, 1.82) is 0 Å². The first-order valence-electron chi connectivity index (χ1n) is 10.5. The molecular formula is C22H30N6O. The smallest absolute Gasteiger partial charge is 0.257 e. The van der Waals surface area contributed by atoms with E-state index in [4.69, 9.17) is 4.98 Å². The van der Waals surface area contributed by atoms with Crippen LogP contribution < -0.4 is 4.90 Å². The Labute approximate surface area is 172 Å².